The summed E-state index contributed by atoms with van der Waals surface area (Å²) in [5, 5.41) is 0.505. The van der Waals surface area contributed by atoms with E-state index in [0.29, 0.717) is 22.2 Å². The molecule has 3 heterocycles. The topological polar surface area (TPSA) is 105 Å². The van der Waals surface area contributed by atoms with Gasteiger partial charge in [-0.2, -0.15) is 0 Å². The van der Waals surface area contributed by atoms with Gasteiger partial charge in [0.25, 0.3) is 11.5 Å². The summed E-state index contributed by atoms with van der Waals surface area (Å²) in [4.78, 5) is 50.9. The number of pyridine rings is 1. The van der Waals surface area contributed by atoms with Crippen molar-refractivity contribution in [3.8, 4) is 0 Å². The number of thioether (sulfide) groups is 1. The number of carbonyl (C=O) groups is 2. The summed E-state index contributed by atoms with van der Waals surface area (Å²) in [6.07, 6.45) is 3.27. The Kier molecular flexibility index (Phi) is 6.55. The summed E-state index contributed by atoms with van der Waals surface area (Å²) >= 11 is 1.34. The molecule has 1 aromatic carbocycles. The lowest BCUT2D eigenvalue weighted by atomic mass is 10.1. The molecule has 0 radical (unpaired) electrons. The minimum absolute atomic E-state index is 0.0591. The van der Waals surface area contributed by atoms with E-state index in [1.807, 2.05) is 29.2 Å². The van der Waals surface area contributed by atoms with E-state index in [9.17, 15) is 14.4 Å². The number of carbonyl (C=O) groups excluding carboxylic acids is 2. The van der Waals surface area contributed by atoms with Gasteiger partial charge in [0.05, 0.1) is 18.1 Å². The van der Waals surface area contributed by atoms with Crippen LogP contribution in [0.4, 0.5) is 0 Å². The highest BCUT2D eigenvalue weighted by Gasteiger charge is 2.19. The number of esters is 1. The van der Waals surface area contributed by atoms with Crippen LogP contribution in [0.5, 0.6) is 0 Å². The number of methoxy groups -OCH3 is 1. The smallest absolute Gasteiger partial charge is 0.338 e. The maximum absolute atomic E-state index is 12.8. The van der Waals surface area contributed by atoms with Crippen LogP contribution in [0, 0.1) is 6.92 Å². The van der Waals surface area contributed by atoms with Crippen molar-refractivity contribution >= 4 is 34.7 Å². The Morgan fingerprint density at radius 3 is 2.69 bits per heavy atom. The lowest BCUT2D eigenvalue weighted by molar-refractivity contribution is 0.0602. The lowest BCUT2D eigenvalue weighted by Gasteiger charge is -2.26. The van der Waals surface area contributed by atoms with Gasteiger partial charge in [-0.15, -0.1) is 0 Å². The molecular weight excluding hydrogens is 428 g/mol. The molecule has 2 aromatic heterocycles. The van der Waals surface area contributed by atoms with E-state index < -0.39 is 11.5 Å². The first-order chi connectivity index (χ1) is 15.5. The second kappa shape index (κ2) is 9.52. The second-order valence-electron chi connectivity index (χ2n) is 7.71. The van der Waals surface area contributed by atoms with Gasteiger partial charge in [-0.05, 0) is 49.9 Å². The maximum atomic E-state index is 12.8. The summed E-state index contributed by atoms with van der Waals surface area (Å²) < 4.78 is 4.78. The first-order valence-electron chi connectivity index (χ1n) is 10.5. The highest BCUT2D eigenvalue weighted by Crippen LogP contribution is 2.22. The van der Waals surface area contributed by atoms with E-state index in [2.05, 4.69) is 15.0 Å². The maximum Gasteiger partial charge on any atom is 0.338 e. The van der Waals surface area contributed by atoms with Crippen molar-refractivity contribution in [1.82, 2.24) is 19.9 Å². The molecule has 1 fully saturated rings. The number of fused-ring (bicyclic) bond motifs is 1. The minimum Gasteiger partial charge on any atom is -0.465 e. The molecular formula is C23H24N4O4S. The number of aromatic amines is 1. The molecule has 9 heteroatoms. The van der Waals surface area contributed by atoms with Gasteiger partial charge in [-0.3, -0.25) is 9.59 Å². The quantitative estimate of drug-likeness (QED) is 0.360. The predicted molar refractivity (Wildman–Crippen MR) is 122 cm³/mol. The number of piperidine rings is 1. The van der Waals surface area contributed by atoms with Gasteiger partial charge in [0, 0.05) is 30.1 Å². The van der Waals surface area contributed by atoms with E-state index in [-0.39, 0.29) is 22.5 Å². The Bertz CT molecular complexity index is 1230. The number of amides is 1. The zero-order valence-electron chi connectivity index (χ0n) is 18.0. The molecule has 0 spiro atoms. The molecule has 32 heavy (non-hydrogen) atoms. The van der Waals surface area contributed by atoms with Crippen LogP contribution >= 0.6 is 11.8 Å². The van der Waals surface area contributed by atoms with Crippen molar-refractivity contribution in [2.45, 2.75) is 37.1 Å². The summed E-state index contributed by atoms with van der Waals surface area (Å²) in [6.45, 7) is 3.34. The summed E-state index contributed by atoms with van der Waals surface area (Å²) in [7, 11) is 1.26. The zero-order chi connectivity index (χ0) is 22.7. The fourth-order valence-corrected chi connectivity index (χ4v) is 4.61. The first-order valence-corrected chi connectivity index (χ1v) is 11.5. The van der Waals surface area contributed by atoms with Gasteiger partial charge in [0.15, 0.2) is 10.8 Å². The van der Waals surface area contributed by atoms with Gasteiger partial charge in [-0.1, -0.05) is 23.9 Å². The number of aromatic nitrogens is 3. The highest BCUT2D eigenvalue weighted by atomic mass is 32.2. The van der Waals surface area contributed by atoms with E-state index in [1.54, 1.807) is 6.92 Å². The molecule has 1 aliphatic rings. The molecule has 0 unspecified atom stereocenters. The van der Waals surface area contributed by atoms with Crippen molar-refractivity contribution in [2.24, 2.45) is 0 Å². The third kappa shape index (κ3) is 4.67. The van der Waals surface area contributed by atoms with Crippen LogP contribution in [0.1, 0.15) is 51.2 Å². The first kappa shape index (κ1) is 22.0. The van der Waals surface area contributed by atoms with Crippen LogP contribution in [0.3, 0.4) is 0 Å². The Morgan fingerprint density at radius 1 is 1.16 bits per heavy atom. The van der Waals surface area contributed by atoms with Gasteiger partial charge in [-0.25, -0.2) is 14.8 Å². The van der Waals surface area contributed by atoms with E-state index in [0.717, 1.165) is 31.5 Å². The lowest BCUT2D eigenvalue weighted by Crippen LogP contribution is -2.35. The highest BCUT2D eigenvalue weighted by molar-refractivity contribution is 7.98. The standard InChI is InChI=1S/C23H24N4O4S/c1-14-11-17(22(30)31-2)18-19(24-14)25-23(26-20(18)28)32-13-15-7-6-8-16(12-15)21(29)27-9-4-3-5-10-27/h6-8,11-12H,3-5,9-10,13H2,1-2H3,(H,24,25,26,28). The van der Waals surface area contributed by atoms with Crippen molar-refractivity contribution in [2.75, 3.05) is 20.2 Å². The van der Waals surface area contributed by atoms with Gasteiger partial charge in [0.1, 0.15) is 0 Å². The van der Waals surface area contributed by atoms with E-state index in [1.165, 1.54) is 31.4 Å². The second-order valence-corrected chi connectivity index (χ2v) is 8.68. The van der Waals surface area contributed by atoms with Crippen LogP contribution in [-0.4, -0.2) is 51.9 Å². The van der Waals surface area contributed by atoms with Crippen LogP contribution in [0.15, 0.2) is 40.3 Å². The third-order valence-corrected chi connectivity index (χ3v) is 6.33. The van der Waals surface area contributed by atoms with Crippen LogP contribution in [0.2, 0.25) is 0 Å². The van der Waals surface area contributed by atoms with Gasteiger partial charge >= 0.3 is 5.97 Å². The average Bonchev–Trinajstić information content (AvgIpc) is 2.81. The van der Waals surface area contributed by atoms with Crippen molar-refractivity contribution < 1.29 is 14.3 Å². The Morgan fingerprint density at radius 2 is 1.94 bits per heavy atom. The number of aryl methyl sites for hydroxylation is 1. The van der Waals surface area contributed by atoms with Crippen molar-refractivity contribution in [1.29, 1.82) is 0 Å². The Balaban J connectivity index is 1.55. The Hall–Kier alpha value is -3.20. The number of likely N-dealkylation sites (tertiary alicyclic amines) is 1. The molecule has 1 saturated heterocycles. The number of benzene rings is 1. The molecule has 8 nitrogen and oxygen atoms in total. The Labute approximate surface area is 189 Å². The van der Waals surface area contributed by atoms with E-state index >= 15 is 0 Å². The number of hydrogen-bond acceptors (Lipinski definition) is 7. The zero-order valence-corrected chi connectivity index (χ0v) is 18.8. The molecule has 3 aromatic rings. The number of rotatable bonds is 5. The molecule has 0 saturated carbocycles. The third-order valence-electron chi connectivity index (χ3n) is 5.38. The summed E-state index contributed by atoms with van der Waals surface area (Å²) in [5.41, 5.74) is 2.09. The number of nitrogens with zero attached hydrogens (tertiary/aromatic N) is 3. The fraction of sp³-hybridized carbons (Fsp3) is 0.348. The van der Waals surface area contributed by atoms with Crippen LogP contribution in [-0.2, 0) is 10.5 Å². The SMILES string of the molecule is COC(=O)c1cc(C)nc2nc(SCc3cccc(C(=O)N4CCCCC4)c3)[nH]c(=O)c12. The summed E-state index contributed by atoms with van der Waals surface area (Å²) in [6, 6.07) is 9.06. The summed E-state index contributed by atoms with van der Waals surface area (Å²) in [5.74, 6) is -0.0298. The molecule has 166 valence electrons. The number of nitrogens with one attached hydrogen (secondary N) is 1. The molecule has 1 N–H and O–H groups in total. The fourth-order valence-electron chi connectivity index (χ4n) is 3.81. The largest absolute Gasteiger partial charge is 0.465 e. The predicted octanol–water partition coefficient (Wildman–Crippen LogP) is 3.33. The molecule has 0 bridgehead atoms. The van der Waals surface area contributed by atoms with Gasteiger partial charge in [0.2, 0.25) is 0 Å². The molecule has 0 atom stereocenters. The van der Waals surface area contributed by atoms with Crippen molar-refractivity contribution in [3.05, 3.63) is 63.1 Å². The van der Waals surface area contributed by atoms with E-state index in [4.69, 9.17) is 4.74 Å². The number of hydrogen-bond donors (Lipinski definition) is 1. The van der Waals surface area contributed by atoms with Crippen LogP contribution in [0.25, 0.3) is 11.0 Å². The number of H-pyrrole nitrogens is 1. The monoisotopic (exact) mass is 452 g/mol. The molecule has 1 aliphatic heterocycles. The molecule has 1 amide bonds. The average molecular weight is 453 g/mol. The minimum atomic E-state index is -0.608. The molecule has 4 rings (SSSR count). The van der Waals surface area contributed by atoms with Gasteiger partial charge < -0.3 is 14.6 Å². The molecule has 0 aliphatic carbocycles. The van der Waals surface area contributed by atoms with Crippen LogP contribution < -0.4 is 5.56 Å². The number of ether oxygens (including phenoxy) is 1. The van der Waals surface area contributed by atoms with Crippen molar-refractivity contribution in [3.63, 3.8) is 0 Å². The normalized spacial score (nSPS) is 13.9.